The number of nitrogens with one attached hydrogen (secondary N) is 1. The number of carbonyl (C=O) groups excluding carboxylic acids is 1. The average Bonchev–Trinajstić information content (AvgIpc) is 3.56. The van der Waals surface area contributed by atoms with Gasteiger partial charge in [0.2, 0.25) is 5.88 Å². The SMILES string of the molecule is CCc1c(Nc2ccc(C#N)cc2F)ncnc1OC1C2COCC1CN(C(=O)OC1(C)CC1)C2. The number of rotatable bonds is 6. The van der Waals surface area contributed by atoms with Gasteiger partial charge in [0.15, 0.2) is 0 Å². The lowest BCUT2D eigenvalue weighted by Gasteiger charge is -2.46. The molecule has 10 heteroatoms. The molecule has 1 aromatic carbocycles. The van der Waals surface area contributed by atoms with Gasteiger partial charge in [0.1, 0.15) is 29.7 Å². The maximum atomic E-state index is 14.5. The Bertz CT molecular complexity index is 1150. The highest BCUT2D eigenvalue weighted by atomic mass is 19.1. The van der Waals surface area contributed by atoms with Crippen LogP contribution in [0.15, 0.2) is 24.5 Å². The van der Waals surface area contributed by atoms with E-state index in [1.54, 1.807) is 11.0 Å². The van der Waals surface area contributed by atoms with Crippen molar-refractivity contribution in [3.63, 3.8) is 0 Å². The molecule has 1 aromatic heterocycles. The van der Waals surface area contributed by atoms with Gasteiger partial charge in [0.25, 0.3) is 0 Å². The number of anilines is 2. The van der Waals surface area contributed by atoms with Gasteiger partial charge in [-0.25, -0.2) is 19.2 Å². The third kappa shape index (κ3) is 4.86. The van der Waals surface area contributed by atoms with Crippen molar-refractivity contribution >= 4 is 17.6 Å². The molecule has 0 radical (unpaired) electrons. The molecule has 1 N–H and O–H groups in total. The van der Waals surface area contributed by atoms with E-state index in [0.717, 1.165) is 18.4 Å². The van der Waals surface area contributed by atoms with E-state index in [-0.39, 0.29) is 40.9 Å². The first-order chi connectivity index (χ1) is 16.9. The third-order valence-electron chi connectivity index (χ3n) is 6.91. The lowest BCUT2D eigenvalue weighted by Crippen LogP contribution is -2.59. The highest BCUT2D eigenvalue weighted by molar-refractivity contribution is 5.69. The number of hydrogen-bond donors (Lipinski definition) is 1. The van der Waals surface area contributed by atoms with Crippen LogP contribution in [0.4, 0.5) is 20.7 Å². The second-order valence-electron chi connectivity index (χ2n) is 9.65. The molecule has 184 valence electrons. The number of piperidine rings is 1. The number of fused-ring (bicyclic) bond motifs is 2. The predicted molar refractivity (Wildman–Crippen MR) is 124 cm³/mol. The van der Waals surface area contributed by atoms with Crippen molar-refractivity contribution in [3.8, 4) is 11.9 Å². The van der Waals surface area contributed by atoms with Gasteiger partial charge in [-0.3, -0.25) is 0 Å². The summed E-state index contributed by atoms with van der Waals surface area (Å²) in [5.41, 5.74) is 0.861. The van der Waals surface area contributed by atoms with Crippen LogP contribution in [-0.2, 0) is 15.9 Å². The van der Waals surface area contributed by atoms with Crippen LogP contribution >= 0.6 is 0 Å². The van der Waals surface area contributed by atoms with Crippen LogP contribution in [0.2, 0.25) is 0 Å². The molecule has 2 atom stereocenters. The molecule has 2 unspecified atom stereocenters. The zero-order chi connectivity index (χ0) is 24.6. The molecule has 1 amide bonds. The molecular formula is C25H28FN5O4. The number of nitrogens with zero attached hydrogens (tertiary/aromatic N) is 4. The lowest BCUT2D eigenvalue weighted by molar-refractivity contribution is -0.111. The van der Waals surface area contributed by atoms with Crippen molar-refractivity contribution in [3.05, 3.63) is 41.5 Å². The first-order valence-electron chi connectivity index (χ1n) is 11.9. The molecule has 2 aliphatic heterocycles. The fraction of sp³-hybridized carbons (Fsp3) is 0.520. The summed E-state index contributed by atoms with van der Waals surface area (Å²) >= 11 is 0. The van der Waals surface area contributed by atoms with Crippen molar-refractivity contribution in [2.75, 3.05) is 31.6 Å². The molecule has 3 heterocycles. The highest BCUT2D eigenvalue weighted by Gasteiger charge is 2.47. The van der Waals surface area contributed by atoms with Gasteiger partial charge in [-0.1, -0.05) is 6.92 Å². The Morgan fingerprint density at radius 1 is 1.31 bits per heavy atom. The first kappa shape index (κ1) is 23.3. The molecule has 2 aromatic rings. The largest absolute Gasteiger partial charge is 0.473 e. The smallest absolute Gasteiger partial charge is 0.410 e. The third-order valence-corrected chi connectivity index (χ3v) is 6.91. The van der Waals surface area contributed by atoms with Crippen LogP contribution in [0.25, 0.3) is 0 Å². The van der Waals surface area contributed by atoms with E-state index in [0.29, 0.717) is 44.4 Å². The van der Waals surface area contributed by atoms with E-state index >= 15 is 0 Å². The number of aromatic nitrogens is 2. The Hall–Kier alpha value is -3.45. The fourth-order valence-electron chi connectivity index (χ4n) is 4.66. The molecule has 5 rings (SSSR count). The summed E-state index contributed by atoms with van der Waals surface area (Å²) in [6.45, 7) is 5.86. The zero-order valence-corrected chi connectivity index (χ0v) is 19.8. The first-order valence-corrected chi connectivity index (χ1v) is 11.9. The summed E-state index contributed by atoms with van der Waals surface area (Å²) in [6.07, 6.45) is 3.31. The topological polar surface area (TPSA) is 110 Å². The minimum absolute atomic E-state index is 0.0193. The molecule has 1 saturated carbocycles. The summed E-state index contributed by atoms with van der Waals surface area (Å²) in [6, 6.07) is 6.15. The van der Waals surface area contributed by atoms with Crippen LogP contribution in [0.3, 0.4) is 0 Å². The van der Waals surface area contributed by atoms with Crippen molar-refractivity contribution in [1.29, 1.82) is 5.26 Å². The van der Waals surface area contributed by atoms with E-state index in [2.05, 4.69) is 15.3 Å². The molecule has 9 nitrogen and oxygen atoms in total. The lowest BCUT2D eigenvalue weighted by atomic mass is 9.84. The Morgan fingerprint density at radius 2 is 2.06 bits per heavy atom. The summed E-state index contributed by atoms with van der Waals surface area (Å²) in [7, 11) is 0. The number of likely N-dealkylation sites (tertiary alicyclic amines) is 1. The van der Waals surface area contributed by atoms with Gasteiger partial charge in [0, 0.05) is 24.9 Å². The summed E-state index contributed by atoms with van der Waals surface area (Å²) in [5, 5.41) is 12.0. The van der Waals surface area contributed by atoms with Gasteiger partial charge in [-0.05, 0) is 44.4 Å². The molecular weight excluding hydrogens is 453 g/mol. The number of carbonyl (C=O) groups is 1. The minimum atomic E-state index is -0.543. The van der Waals surface area contributed by atoms with Gasteiger partial charge in [0.05, 0.1) is 36.1 Å². The van der Waals surface area contributed by atoms with Crippen LogP contribution in [0.1, 0.15) is 37.8 Å². The van der Waals surface area contributed by atoms with Crippen LogP contribution in [-0.4, -0.2) is 59.0 Å². The zero-order valence-electron chi connectivity index (χ0n) is 19.8. The molecule has 35 heavy (non-hydrogen) atoms. The Labute approximate surface area is 203 Å². The summed E-state index contributed by atoms with van der Waals surface area (Å²) < 4.78 is 32.3. The number of nitriles is 1. The van der Waals surface area contributed by atoms with E-state index in [9.17, 15) is 9.18 Å². The van der Waals surface area contributed by atoms with E-state index in [1.165, 1.54) is 18.5 Å². The van der Waals surface area contributed by atoms with E-state index in [1.807, 2.05) is 19.9 Å². The van der Waals surface area contributed by atoms with Crippen molar-refractivity contribution in [2.24, 2.45) is 11.8 Å². The second kappa shape index (κ2) is 9.30. The second-order valence-corrected chi connectivity index (χ2v) is 9.65. The van der Waals surface area contributed by atoms with Gasteiger partial charge in [-0.2, -0.15) is 5.26 Å². The Morgan fingerprint density at radius 3 is 2.69 bits per heavy atom. The fourth-order valence-corrected chi connectivity index (χ4v) is 4.66. The van der Waals surface area contributed by atoms with Crippen molar-refractivity contribution in [2.45, 2.75) is 44.8 Å². The summed E-state index contributed by atoms with van der Waals surface area (Å²) in [4.78, 5) is 23.1. The molecule has 2 saturated heterocycles. The Balaban J connectivity index is 1.33. The monoisotopic (exact) mass is 481 g/mol. The maximum Gasteiger partial charge on any atom is 0.410 e. The van der Waals surface area contributed by atoms with Crippen LogP contribution in [0.5, 0.6) is 5.88 Å². The van der Waals surface area contributed by atoms with Crippen molar-refractivity contribution < 1.29 is 23.4 Å². The molecule has 2 bridgehead atoms. The quantitative estimate of drug-likeness (QED) is 0.663. The van der Waals surface area contributed by atoms with E-state index in [4.69, 9.17) is 19.5 Å². The number of ether oxygens (including phenoxy) is 3. The number of halogens is 1. The minimum Gasteiger partial charge on any atom is -0.473 e. The summed E-state index contributed by atoms with van der Waals surface area (Å²) in [5.74, 6) is 0.296. The van der Waals surface area contributed by atoms with Gasteiger partial charge < -0.3 is 24.4 Å². The van der Waals surface area contributed by atoms with Crippen molar-refractivity contribution in [1.82, 2.24) is 14.9 Å². The normalized spacial score (nSPS) is 24.3. The molecule has 0 spiro atoms. The van der Waals surface area contributed by atoms with E-state index < -0.39 is 5.82 Å². The number of benzene rings is 1. The van der Waals surface area contributed by atoms with Gasteiger partial charge >= 0.3 is 6.09 Å². The van der Waals surface area contributed by atoms with Gasteiger partial charge in [-0.15, -0.1) is 0 Å². The number of hydrogen-bond acceptors (Lipinski definition) is 8. The average molecular weight is 482 g/mol. The molecule has 3 aliphatic rings. The highest BCUT2D eigenvalue weighted by Crippen LogP contribution is 2.40. The van der Waals surface area contributed by atoms with Crippen LogP contribution < -0.4 is 10.1 Å². The Kier molecular flexibility index (Phi) is 6.19. The van der Waals surface area contributed by atoms with Crippen LogP contribution in [0, 0.1) is 29.0 Å². The molecule has 1 aliphatic carbocycles. The number of amides is 1. The molecule has 3 fully saturated rings. The maximum absolute atomic E-state index is 14.5. The predicted octanol–water partition coefficient (Wildman–Crippen LogP) is 3.81. The standard InChI is InChI=1S/C25H28FN5O4/c1-3-18-22(30-20-5-4-15(9-27)8-19(20)26)28-14-29-23(18)34-21-16-10-31(11-17(21)13-33-12-16)24(32)35-25(2)6-7-25/h4-5,8,14,16-17,21H,3,6-7,10-13H2,1-2H3,(H,28,29,30).